The zero-order valence-corrected chi connectivity index (χ0v) is 13.3. The van der Waals surface area contributed by atoms with E-state index in [1.807, 2.05) is 0 Å². The van der Waals surface area contributed by atoms with Crippen molar-refractivity contribution in [3.8, 4) is 12.3 Å². The van der Waals surface area contributed by atoms with Crippen LogP contribution < -0.4 is 10.6 Å². The molecule has 23 heavy (non-hydrogen) atoms. The fraction of sp³-hybridized carbons (Fsp3) is 0.529. The SMILES string of the molecule is C#CC(C)(C)NC(=O)c1cccnc1NC1CCC(F)(F)CC1. The Labute approximate surface area is 135 Å². The van der Waals surface area contributed by atoms with E-state index in [-0.39, 0.29) is 24.8 Å². The first kappa shape index (κ1) is 17.2. The Hall–Kier alpha value is -2.16. The quantitative estimate of drug-likeness (QED) is 0.837. The van der Waals surface area contributed by atoms with Crippen LogP contribution in [0.5, 0.6) is 0 Å². The molecule has 1 fully saturated rings. The van der Waals surface area contributed by atoms with Crippen LogP contribution in [0.1, 0.15) is 49.9 Å². The number of halogens is 2. The Morgan fingerprint density at radius 3 is 2.70 bits per heavy atom. The predicted molar refractivity (Wildman–Crippen MR) is 85.4 cm³/mol. The van der Waals surface area contributed by atoms with E-state index in [1.165, 1.54) is 0 Å². The summed E-state index contributed by atoms with van der Waals surface area (Å²) in [6.45, 7) is 3.44. The van der Waals surface area contributed by atoms with Crippen molar-refractivity contribution >= 4 is 11.7 Å². The average molecular weight is 321 g/mol. The molecule has 2 rings (SSSR count). The van der Waals surface area contributed by atoms with E-state index in [2.05, 4.69) is 21.5 Å². The number of nitrogens with one attached hydrogen (secondary N) is 2. The van der Waals surface area contributed by atoms with Crippen molar-refractivity contribution in [2.75, 3.05) is 5.32 Å². The number of nitrogens with zero attached hydrogens (tertiary/aromatic N) is 1. The van der Waals surface area contributed by atoms with Crippen molar-refractivity contribution < 1.29 is 13.6 Å². The number of carbonyl (C=O) groups excluding carboxylic acids is 1. The molecule has 0 aromatic carbocycles. The molecule has 6 heteroatoms. The van der Waals surface area contributed by atoms with Crippen LogP contribution in [0.2, 0.25) is 0 Å². The van der Waals surface area contributed by atoms with Crippen molar-refractivity contribution in [1.82, 2.24) is 10.3 Å². The van der Waals surface area contributed by atoms with E-state index >= 15 is 0 Å². The van der Waals surface area contributed by atoms with Gasteiger partial charge in [0.05, 0.1) is 11.1 Å². The molecule has 0 radical (unpaired) electrons. The molecule has 1 aliphatic rings. The smallest absolute Gasteiger partial charge is 0.256 e. The summed E-state index contributed by atoms with van der Waals surface area (Å²) in [6, 6.07) is 3.17. The highest BCUT2D eigenvalue weighted by atomic mass is 19.3. The van der Waals surface area contributed by atoms with Gasteiger partial charge in [0.25, 0.3) is 5.91 Å². The normalized spacial score (nSPS) is 18.0. The predicted octanol–water partition coefficient (Wildman–Crippen LogP) is 3.21. The number of terminal acetylenes is 1. The van der Waals surface area contributed by atoms with Crippen LogP contribution in [0, 0.1) is 12.3 Å². The van der Waals surface area contributed by atoms with Gasteiger partial charge < -0.3 is 10.6 Å². The summed E-state index contributed by atoms with van der Waals surface area (Å²) in [5, 5.41) is 5.85. The second kappa shape index (κ2) is 6.53. The van der Waals surface area contributed by atoms with Crippen molar-refractivity contribution in [3.63, 3.8) is 0 Å². The van der Waals surface area contributed by atoms with E-state index in [4.69, 9.17) is 6.42 Å². The minimum Gasteiger partial charge on any atom is -0.367 e. The monoisotopic (exact) mass is 321 g/mol. The number of alkyl halides is 2. The van der Waals surface area contributed by atoms with Crippen LogP contribution in [-0.4, -0.2) is 28.4 Å². The number of carbonyl (C=O) groups is 1. The molecule has 1 heterocycles. The Morgan fingerprint density at radius 1 is 1.43 bits per heavy atom. The zero-order chi connectivity index (χ0) is 17.1. The summed E-state index contributed by atoms with van der Waals surface area (Å²) in [6.07, 6.45) is 7.33. The topological polar surface area (TPSA) is 54.0 Å². The number of aromatic nitrogens is 1. The first-order chi connectivity index (χ1) is 10.7. The molecule has 0 bridgehead atoms. The van der Waals surface area contributed by atoms with Crippen molar-refractivity contribution in [2.24, 2.45) is 0 Å². The zero-order valence-electron chi connectivity index (χ0n) is 13.3. The standard InChI is InChI=1S/C17H21F2N3O/c1-4-16(2,3)22-15(23)13-6-5-11-20-14(13)21-12-7-9-17(18,19)10-8-12/h1,5-6,11-12H,7-10H2,2-3H3,(H,20,21)(H,22,23). The van der Waals surface area contributed by atoms with Gasteiger partial charge in [0.1, 0.15) is 5.82 Å². The minimum atomic E-state index is -2.58. The van der Waals surface area contributed by atoms with Crippen molar-refractivity contribution in [1.29, 1.82) is 0 Å². The number of hydrogen-bond acceptors (Lipinski definition) is 3. The maximum absolute atomic E-state index is 13.2. The van der Waals surface area contributed by atoms with Gasteiger partial charge in [0, 0.05) is 25.1 Å². The largest absolute Gasteiger partial charge is 0.367 e. The Kier molecular flexibility index (Phi) is 4.88. The van der Waals surface area contributed by atoms with Gasteiger partial charge in [-0.25, -0.2) is 13.8 Å². The van der Waals surface area contributed by atoms with Gasteiger partial charge in [-0.05, 0) is 38.8 Å². The van der Waals surface area contributed by atoms with Crippen LogP contribution in [0.4, 0.5) is 14.6 Å². The highest BCUT2D eigenvalue weighted by Gasteiger charge is 2.35. The fourth-order valence-electron chi connectivity index (χ4n) is 2.47. The number of amides is 1. The molecule has 2 N–H and O–H groups in total. The molecule has 1 aromatic heterocycles. The highest BCUT2D eigenvalue weighted by Crippen LogP contribution is 2.34. The third-order valence-corrected chi connectivity index (χ3v) is 3.90. The van der Waals surface area contributed by atoms with E-state index in [0.29, 0.717) is 24.2 Å². The summed E-state index contributed by atoms with van der Waals surface area (Å²) < 4.78 is 26.4. The molecular formula is C17H21F2N3O. The molecule has 1 amide bonds. The van der Waals surface area contributed by atoms with Gasteiger partial charge in [0.15, 0.2) is 0 Å². The summed E-state index contributed by atoms with van der Waals surface area (Å²) in [7, 11) is 0. The molecule has 0 spiro atoms. The van der Waals surface area contributed by atoms with Crippen LogP contribution in [0.15, 0.2) is 18.3 Å². The molecule has 4 nitrogen and oxygen atoms in total. The summed E-state index contributed by atoms with van der Waals surface area (Å²) in [5.41, 5.74) is -0.426. The fourth-order valence-corrected chi connectivity index (χ4v) is 2.47. The Morgan fingerprint density at radius 2 is 2.09 bits per heavy atom. The van der Waals surface area contributed by atoms with Gasteiger partial charge in [-0.1, -0.05) is 5.92 Å². The van der Waals surface area contributed by atoms with Gasteiger partial charge in [0.2, 0.25) is 5.92 Å². The molecule has 1 saturated carbocycles. The average Bonchev–Trinajstić information content (AvgIpc) is 2.49. The first-order valence-corrected chi connectivity index (χ1v) is 7.62. The van der Waals surface area contributed by atoms with Crippen LogP contribution >= 0.6 is 0 Å². The molecular weight excluding hydrogens is 300 g/mol. The molecule has 0 aliphatic heterocycles. The van der Waals surface area contributed by atoms with Crippen molar-refractivity contribution in [3.05, 3.63) is 23.9 Å². The first-order valence-electron chi connectivity index (χ1n) is 7.62. The highest BCUT2D eigenvalue weighted by molar-refractivity contribution is 5.99. The third kappa shape index (κ3) is 4.65. The second-order valence-corrected chi connectivity index (χ2v) is 6.40. The Bertz CT molecular complexity index is 613. The molecule has 0 atom stereocenters. The number of hydrogen-bond donors (Lipinski definition) is 2. The van der Waals surface area contributed by atoms with E-state index in [0.717, 1.165) is 0 Å². The van der Waals surface area contributed by atoms with Gasteiger partial charge in [-0.15, -0.1) is 6.42 Å². The molecule has 1 aromatic rings. The molecule has 1 aliphatic carbocycles. The third-order valence-electron chi connectivity index (χ3n) is 3.90. The maximum Gasteiger partial charge on any atom is 0.256 e. The van der Waals surface area contributed by atoms with Crippen LogP contribution in [-0.2, 0) is 0 Å². The maximum atomic E-state index is 13.2. The lowest BCUT2D eigenvalue weighted by molar-refractivity contribution is -0.0361. The molecule has 0 saturated heterocycles. The van der Waals surface area contributed by atoms with Crippen LogP contribution in [0.3, 0.4) is 0 Å². The lowest BCUT2D eigenvalue weighted by Gasteiger charge is -2.29. The van der Waals surface area contributed by atoms with Gasteiger partial charge in [-0.3, -0.25) is 4.79 Å². The minimum absolute atomic E-state index is 0.114. The summed E-state index contributed by atoms with van der Waals surface area (Å²) >= 11 is 0. The van der Waals surface area contributed by atoms with Gasteiger partial charge in [-0.2, -0.15) is 0 Å². The summed E-state index contributed by atoms with van der Waals surface area (Å²) in [5.74, 6) is -0.0348. The lowest BCUT2D eigenvalue weighted by Crippen LogP contribution is -2.42. The van der Waals surface area contributed by atoms with E-state index in [1.54, 1.807) is 32.2 Å². The number of rotatable bonds is 4. The second-order valence-electron chi connectivity index (χ2n) is 6.40. The van der Waals surface area contributed by atoms with E-state index < -0.39 is 11.5 Å². The Balaban J connectivity index is 2.09. The molecule has 124 valence electrons. The van der Waals surface area contributed by atoms with Gasteiger partial charge >= 0.3 is 0 Å². The van der Waals surface area contributed by atoms with Crippen molar-refractivity contribution in [2.45, 2.75) is 57.0 Å². The lowest BCUT2D eigenvalue weighted by atomic mass is 9.92. The molecule has 0 unspecified atom stereocenters. The summed E-state index contributed by atoms with van der Waals surface area (Å²) in [4.78, 5) is 16.6. The van der Waals surface area contributed by atoms with E-state index in [9.17, 15) is 13.6 Å². The number of anilines is 1. The number of pyridine rings is 1. The van der Waals surface area contributed by atoms with Crippen LogP contribution in [0.25, 0.3) is 0 Å².